The molecule has 0 saturated carbocycles. The van der Waals surface area contributed by atoms with Gasteiger partial charge in [0.05, 0.1) is 0 Å². The van der Waals surface area contributed by atoms with Crippen molar-refractivity contribution in [3.05, 3.63) is 47.1 Å². The average Bonchev–Trinajstić information content (AvgIpc) is 2.54. The van der Waals surface area contributed by atoms with Gasteiger partial charge in [-0.15, -0.1) is 0 Å². The van der Waals surface area contributed by atoms with Crippen LogP contribution in [0, 0.1) is 0 Å². The highest BCUT2D eigenvalue weighted by molar-refractivity contribution is 6.31. The Hall–Kier alpha value is -1.81. The molecule has 0 atom stereocenters. The first kappa shape index (κ1) is 16.6. The van der Waals surface area contributed by atoms with Gasteiger partial charge in [-0.25, -0.2) is 4.98 Å². The zero-order chi connectivity index (χ0) is 15.8. The van der Waals surface area contributed by atoms with Crippen molar-refractivity contribution in [2.75, 3.05) is 23.3 Å². The van der Waals surface area contributed by atoms with Gasteiger partial charge in [0.15, 0.2) is 0 Å². The Bertz CT molecular complexity index is 582. The second kappa shape index (κ2) is 8.59. The number of hydrogen-bond donors (Lipinski definition) is 1. The van der Waals surface area contributed by atoms with Crippen molar-refractivity contribution >= 4 is 23.4 Å². The normalized spacial score (nSPS) is 10.5. The van der Waals surface area contributed by atoms with Crippen LogP contribution in [0.5, 0.6) is 0 Å². The second-order valence-electron chi connectivity index (χ2n) is 5.17. The van der Waals surface area contributed by atoms with E-state index < -0.39 is 0 Å². The Kier molecular flexibility index (Phi) is 6.46. The standard InChI is InChI=1S/C17H23ClN4/c1-3-11-22(12-4-2)16-9-10-19-17(21-16)20-13-14-7-5-6-8-15(14)18/h5-10H,3-4,11-13H2,1-2H3,(H,19,20,21). The third-order valence-electron chi connectivity index (χ3n) is 3.35. The Morgan fingerprint density at radius 2 is 1.82 bits per heavy atom. The van der Waals surface area contributed by atoms with Gasteiger partial charge < -0.3 is 10.2 Å². The molecule has 4 nitrogen and oxygen atoms in total. The van der Waals surface area contributed by atoms with Crippen LogP contribution >= 0.6 is 11.6 Å². The molecule has 1 aromatic carbocycles. The fourth-order valence-corrected chi connectivity index (χ4v) is 2.51. The molecule has 0 aliphatic carbocycles. The average molecular weight is 319 g/mol. The van der Waals surface area contributed by atoms with Gasteiger partial charge in [0.1, 0.15) is 5.82 Å². The predicted molar refractivity (Wildman–Crippen MR) is 93.6 cm³/mol. The minimum atomic E-state index is 0.616. The summed E-state index contributed by atoms with van der Waals surface area (Å²) in [6.07, 6.45) is 4.01. The van der Waals surface area contributed by atoms with Crippen LogP contribution < -0.4 is 10.2 Å². The Labute approximate surface area is 137 Å². The van der Waals surface area contributed by atoms with Gasteiger partial charge in [-0.1, -0.05) is 43.6 Å². The molecule has 22 heavy (non-hydrogen) atoms. The molecule has 0 bridgehead atoms. The Morgan fingerprint density at radius 3 is 2.50 bits per heavy atom. The molecular formula is C17H23ClN4. The van der Waals surface area contributed by atoms with Gasteiger partial charge >= 0.3 is 0 Å². The van der Waals surface area contributed by atoms with Gasteiger partial charge in [0.2, 0.25) is 5.95 Å². The summed E-state index contributed by atoms with van der Waals surface area (Å²) in [7, 11) is 0. The lowest BCUT2D eigenvalue weighted by Crippen LogP contribution is -2.26. The lowest BCUT2D eigenvalue weighted by Gasteiger charge is -2.22. The molecule has 118 valence electrons. The van der Waals surface area contributed by atoms with E-state index in [9.17, 15) is 0 Å². The first-order chi connectivity index (χ1) is 10.7. The molecule has 2 rings (SSSR count). The topological polar surface area (TPSA) is 41.1 Å². The lowest BCUT2D eigenvalue weighted by molar-refractivity contribution is 0.733. The summed E-state index contributed by atoms with van der Waals surface area (Å²) in [5, 5.41) is 4.00. The molecular weight excluding hydrogens is 296 g/mol. The zero-order valence-corrected chi connectivity index (χ0v) is 14.0. The van der Waals surface area contributed by atoms with Crippen molar-refractivity contribution in [3.63, 3.8) is 0 Å². The third-order valence-corrected chi connectivity index (χ3v) is 3.72. The van der Waals surface area contributed by atoms with E-state index in [1.807, 2.05) is 30.3 Å². The number of nitrogens with one attached hydrogen (secondary N) is 1. The van der Waals surface area contributed by atoms with Crippen molar-refractivity contribution in [2.24, 2.45) is 0 Å². The molecule has 0 aliphatic heterocycles. The van der Waals surface area contributed by atoms with E-state index in [1.54, 1.807) is 6.20 Å². The predicted octanol–water partition coefficient (Wildman–Crippen LogP) is 4.37. The highest BCUT2D eigenvalue weighted by Gasteiger charge is 2.07. The van der Waals surface area contributed by atoms with Crippen LogP contribution in [0.25, 0.3) is 0 Å². The molecule has 0 amide bonds. The summed E-state index contributed by atoms with van der Waals surface area (Å²) < 4.78 is 0. The van der Waals surface area contributed by atoms with Gasteiger partial charge in [-0.05, 0) is 30.5 Å². The lowest BCUT2D eigenvalue weighted by atomic mass is 10.2. The molecule has 0 saturated heterocycles. The smallest absolute Gasteiger partial charge is 0.224 e. The largest absolute Gasteiger partial charge is 0.356 e. The maximum absolute atomic E-state index is 6.17. The minimum Gasteiger partial charge on any atom is -0.356 e. The number of benzene rings is 1. The van der Waals surface area contributed by atoms with Crippen LogP contribution in [0.3, 0.4) is 0 Å². The Morgan fingerprint density at radius 1 is 1.09 bits per heavy atom. The van der Waals surface area contributed by atoms with Gasteiger partial charge in [-0.3, -0.25) is 0 Å². The van der Waals surface area contributed by atoms with E-state index in [1.165, 1.54) is 0 Å². The van der Waals surface area contributed by atoms with Crippen molar-refractivity contribution < 1.29 is 0 Å². The van der Waals surface area contributed by atoms with Crippen LogP contribution in [-0.4, -0.2) is 23.1 Å². The number of aromatic nitrogens is 2. The third kappa shape index (κ3) is 4.60. The molecule has 1 aromatic heterocycles. The summed E-state index contributed by atoms with van der Waals surface area (Å²) in [4.78, 5) is 11.2. The summed E-state index contributed by atoms with van der Waals surface area (Å²) in [6, 6.07) is 9.76. The Balaban J connectivity index is 2.06. The maximum atomic E-state index is 6.17. The summed E-state index contributed by atoms with van der Waals surface area (Å²) >= 11 is 6.17. The summed E-state index contributed by atoms with van der Waals surface area (Å²) in [6.45, 7) is 7.00. The van der Waals surface area contributed by atoms with Crippen LogP contribution in [-0.2, 0) is 6.54 Å². The van der Waals surface area contributed by atoms with Crippen molar-refractivity contribution in [2.45, 2.75) is 33.2 Å². The number of halogens is 1. The fraction of sp³-hybridized carbons (Fsp3) is 0.412. The molecule has 0 spiro atoms. The van der Waals surface area contributed by atoms with Crippen molar-refractivity contribution in [1.82, 2.24) is 9.97 Å². The van der Waals surface area contributed by atoms with E-state index in [0.717, 1.165) is 42.3 Å². The summed E-state index contributed by atoms with van der Waals surface area (Å²) in [5.41, 5.74) is 1.04. The minimum absolute atomic E-state index is 0.616. The van der Waals surface area contributed by atoms with E-state index in [0.29, 0.717) is 12.5 Å². The maximum Gasteiger partial charge on any atom is 0.224 e. The van der Waals surface area contributed by atoms with Crippen LogP contribution in [0.4, 0.5) is 11.8 Å². The van der Waals surface area contributed by atoms with Crippen LogP contribution in [0.2, 0.25) is 5.02 Å². The molecule has 0 unspecified atom stereocenters. The summed E-state index contributed by atoms with van der Waals surface area (Å²) in [5.74, 6) is 1.61. The molecule has 0 fully saturated rings. The van der Waals surface area contributed by atoms with Crippen LogP contribution in [0.1, 0.15) is 32.3 Å². The van der Waals surface area contributed by atoms with E-state index >= 15 is 0 Å². The molecule has 0 aliphatic rings. The second-order valence-corrected chi connectivity index (χ2v) is 5.58. The number of hydrogen-bond acceptors (Lipinski definition) is 4. The van der Waals surface area contributed by atoms with E-state index in [-0.39, 0.29) is 0 Å². The van der Waals surface area contributed by atoms with E-state index in [2.05, 4.69) is 34.0 Å². The highest BCUT2D eigenvalue weighted by atomic mass is 35.5. The molecule has 2 aromatic rings. The van der Waals surface area contributed by atoms with Crippen LogP contribution in [0.15, 0.2) is 36.5 Å². The molecule has 1 heterocycles. The number of nitrogens with zero attached hydrogens (tertiary/aromatic N) is 3. The van der Waals surface area contributed by atoms with Gasteiger partial charge in [0, 0.05) is 30.9 Å². The van der Waals surface area contributed by atoms with Gasteiger partial charge in [0.25, 0.3) is 0 Å². The molecule has 1 N–H and O–H groups in total. The fourth-order valence-electron chi connectivity index (χ4n) is 2.31. The first-order valence-corrected chi connectivity index (χ1v) is 8.17. The zero-order valence-electron chi connectivity index (χ0n) is 13.2. The highest BCUT2D eigenvalue weighted by Crippen LogP contribution is 2.17. The molecule has 5 heteroatoms. The van der Waals surface area contributed by atoms with Crippen molar-refractivity contribution in [1.29, 1.82) is 0 Å². The van der Waals surface area contributed by atoms with E-state index in [4.69, 9.17) is 11.6 Å². The first-order valence-electron chi connectivity index (χ1n) is 7.79. The number of rotatable bonds is 8. The molecule has 0 radical (unpaired) electrons. The number of anilines is 2. The van der Waals surface area contributed by atoms with Gasteiger partial charge in [-0.2, -0.15) is 4.98 Å². The van der Waals surface area contributed by atoms with Crippen molar-refractivity contribution in [3.8, 4) is 0 Å². The SMILES string of the molecule is CCCN(CCC)c1ccnc(NCc2ccccc2Cl)n1. The monoisotopic (exact) mass is 318 g/mol. The quantitative estimate of drug-likeness (QED) is 0.784.